The van der Waals surface area contributed by atoms with Gasteiger partial charge < -0.3 is 21.7 Å². The number of nitrogens with one attached hydrogen (secondary N) is 1. The fourth-order valence-electron chi connectivity index (χ4n) is 1.82. The van der Waals surface area contributed by atoms with E-state index in [0.717, 1.165) is 0 Å². The van der Waals surface area contributed by atoms with E-state index >= 15 is 0 Å². The summed E-state index contributed by atoms with van der Waals surface area (Å²) in [6.07, 6.45) is 0.483. The summed E-state index contributed by atoms with van der Waals surface area (Å²) in [5, 5.41) is 18.0. The number of nitrogen functional groups attached to an aromatic ring is 2. The lowest BCUT2D eigenvalue weighted by Gasteiger charge is -2.11. The summed E-state index contributed by atoms with van der Waals surface area (Å²) in [6, 6.07) is 0. The lowest BCUT2D eigenvalue weighted by molar-refractivity contribution is 0.140. The Morgan fingerprint density at radius 1 is 1.26 bits per heavy atom. The number of nitrogens with two attached hydrogens (primary N) is 2. The predicted octanol–water partition coefficient (Wildman–Crippen LogP) is -1.73. The van der Waals surface area contributed by atoms with Crippen molar-refractivity contribution in [3.8, 4) is 0 Å². The number of aromatic amines is 1. The van der Waals surface area contributed by atoms with Gasteiger partial charge in [0, 0.05) is 25.7 Å². The molecule has 7 N–H and O–H groups in total. The van der Waals surface area contributed by atoms with E-state index in [9.17, 15) is 4.79 Å². The summed E-state index contributed by atoms with van der Waals surface area (Å²) in [5.41, 5.74) is 11.2. The van der Waals surface area contributed by atoms with E-state index in [1.54, 1.807) is 4.57 Å². The van der Waals surface area contributed by atoms with Crippen molar-refractivity contribution >= 4 is 23.1 Å². The average Bonchev–Trinajstić information content (AvgIpc) is 2.68. The van der Waals surface area contributed by atoms with Gasteiger partial charge in [-0.2, -0.15) is 4.98 Å². The molecule has 2 aromatic heterocycles. The maximum absolute atomic E-state index is 11.6. The molecule has 0 aliphatic carbocycles. The van der Waals surface area contributed by atoms with Crippen LogP contribution < -0.4 is 17.0 Å². The number of aryl methyl sites for hydroxylation is 1. The van der Waals surface area contributed by atoms with Gasteiger partial charge in [0.1, 0.15) is 0 Å². The van der Waals surface area contributed by atoms with Gasteiger partial charge in [0.25, 0.3) is 5.56 Å². The van der Waals surface area contributed by atoms with Crippen molar-refractivity contribution in [3.63, 3.8) is 0 Å². The van der Waals surface area contributed by atoms with Gasteiger partial charge in [-0.3, -0.25) is 14.3 Å². The van der Waals surface area contributed by atoms with Crippen LogP contribution in [0.25, 0.3) is 11.2 Å². The van der Waals surface area contributed by atoms with Crippen molar-refractivity contribution in [2.45, 2.75) is 13.0 Å². The van der Waals surface area contributed by atoms with Crippen LogP contribution >= 0.6 is 0 Å². The number of anilines is 2. The molecule has 0 saturated carbocycles. The van der Waals surface area contributed by atoms with Gasteiger partial charge in [-0.05, 0) is 6.42 Å². The van der Waals surface area contributed by atoms with E-state index in [1.807, 2.05) is 0 Å². The molecule has 9 nitrogen and oxygen atoms in total. The van der Waals surface area contributed by atoms with Crippen molar-refractivity contribution < 1.29 is 10.2 Å². The lowest BCUT2D eigenvalue weighted by Crippen LogP contribution is -2.16. The van der Waals surface area contributed by atoms with Crippen LogP contribution in [0.1, 0.15) is 6.42 Å². The highest BCUT2D eigenvalue weighted by atomic mass is 16.3. The number of hydrogen-bond donors (Lipinski definition) is 5. The smallest absolute Gasteiger partial charge is 0.280 e. The molecule has 0 atom stereocenters. The lowest BCUT2D eigenvalue weighted by atomic mass is 10.1. The average molecular weight is 268 g/mol. The summed E-state index contributed by atoms with van der Waals surface area (Å²) in [4.78, 5) is 21.9. The molecule has 0 bridgehead atoms. The normalized spacial score (nSPS) is 11.5. The molecular weight excluding hydrogens is 252 g/mol. The number of aliphatic hydroxyl groups excluding tert-OH is 2. The largest absolute Gasteiger partial charge is 0.396 e. The standard InChI is InChI=1S/C10H16N6O3/c11-9-14-7-6(8(19)15-9)13-10(12)16(7)2-1-5(3-17)4-18/h5,17-18H,1-4H2,(H2,12,13)(H3,11,14,15,19). The second-order valence-corrected chi connectivity index (χ2v) is 4.26. The van der Waals surface area contributed by atoms with E-state index in [2.05, 4.69) is 15.0 Å². The molecule has 0 radical (unpaired) electrons. The van der Waals surface area contributed by atoms with Crippen molar-refractivity contribution in [1.29, 1.82) is 0 Å². The van der Waals surface area contributed by atoms with Crippen molar-refractivity contribution in [3.05, 3.63) is 10.4 Å². The first-order valence-electron chi connectivity index (χ1n) is 5.80. The van der Waals surface area contributed by atoms with Gasteiger partial charge in [-0.25, -0.2) is 4.98 Å². The van der Waals surface area contributed by atoms with Crippen LogP contribution in [0.5, 0.6) is 0 Å². The minimum atomic E-state index is -0.450. The Morgan fingerprint density at radius 3 is 2.58 bits per heavy atom. The molecule has 2 aromatic rings. The number of hydrogen-bond acceptors (Lipinski definition) is 7. The highest BCUT2D eigenvalue weighted by Gasteiger charge is 2.15. The molecule has 0 fully saturated rings. The van der Waals surface area contributed by atoms with Crippen LogP contribution in [0, 0.1) is 5.92 Å². The number of fused-ring (bicyclic) bond motifs is 1. The van der Waals surface area contributed by atoms with Gasteiger partial charge in [0.2, 0.25) is 11.9 Å². The topological polar surface area (TPSA) is 156 Å². The zero-order chi connectivity index (χ0) is 14.0. The first kappa shape index (κ1) is 13.3. The minimum absolute atomic E-state index is 0.0143. The zero-order valence-corrected chi connectivity index (χ0v) is 10.2. The molecule has 19 heavy (non-hydrogen) atoms. The fourth-order valence-corrected chi connectivity index (χ4v) is 1.82. The molecule has 0 amide bonds. The van der Waals surface area contributed by atoms with Crippen molar-refractivity contribution in [2.75, 3.05) is 24.7 Å². The maximum atomic E-state index is 11.6. The number of aliphatic hydroxyl groups is 2. The van der Waals surface area contributed by atoms with Crippen LogP contribution in [0.15, 0.2) is 4.79 Å². The van der Waals surface area contributed by atoms with E-state index in [4.69, 9.17) is 21.7 Å². The second kappa shape index (κ2) is 5.24. The molecule has 0 aliphatic rings. The van der Waals surface area contributed by atoms with Gasteiger partial charge in [-0.1, -0.05) is 0 Å². The Kier molecular flexibility index (Phi) is 3.67. The molecule has 9 heteroatoms. The van der Waals surface area contributed by atoms with Crippen LogP contribution in [0.4, 0.5) is 11.9 Å². The van der Waals surface area contributed by atoms with Gasteiger partial charge >= 0.3 is 0 Å². The number of nitrogens with zero attached hydrogens (tertiary/aromatic N) is 3. The quantitative estimate of drug-likeness (QED) is 0.431. The summed E-state index contributed by atoms with van der Waals surface area (Å²) in [5.74, 6) is -0.121. The molecule has 2 heterocycles. The third-order valence-electron chi connectivity index (χ3n) is 2.93. The third kappa shape index (κ3) is 2.51. The number of rotatable bonds is 5. The Morgan fingerprint density at radius 2 is 1.95 bits per heavy atom. The van der Waals surface area contributed by atoms with E-state index in [-0.39, 0.29) is 36.5 Å². The molecule has 2 rings (SSSR count). The van der Waals surface area contributed by atoms with Crippen LogP contribution in [0.2, 0.25) is 0 Å². The van der Waals surface area contributed by atoms with Gasteiger partial charge in [0.15, 0.2) is 11.2 Å². The number of imidazole rings is 1. The van der Waals surface area contributed by atoms with Crippen molar-refractivity contribution in [2.24, 2.45) is 5.92 Å². The summed E-state index contributed by atoms with van der Waals surface area (Å²) >= 11 is 0. The van der Waals surface area contributed by atoms with Crippen LogP contribution in [-0.4, -0.2) is 42.9 Å². The molecule has 0 spiro atoms. The number of aromatic nitrogens is 4. The molecule has 0 saturated heterocycles. The monoisotopic (exact) mass is 268 g/mol. The third-order valence-corrected chi connectivity index (χ3v) is 2.93. The molecule has 0 aromatic carbocycles. The molecule has 0 unspecified atom stereocenters. The molecule has 0 aliphatic heterocycles. The Balaban J connectivity index is 2.37. The predicted molar refractivity (Wildman–Crippen MR) is 69.3 cm³/mol. The van der Waals surface area contributed by atoms with Crippen LogP contribution in [-0.2, 0) is 6.54 Å². The van der Waals surface area contributed by atoms with Gasteiger partial charge in [-0.15, -0.1) is 0 Å². The van der Waals surface area contributed by atoms with Crippen molar-refractivity contribution in [1.82, 2.24) is 19.5 Å². The summed E-state index contributed by atoms with van der Waals surface area (Å²) in [7, 11) is 0. The highest BCUT2D eigenvalue weighted by Crippen LogP contribution is 2.15. The number of H-pyrrole nitrogens is 1. The Bertz CT molecular complexity index is 630. The summed E-state index contributed by atoms with van der Waals surface area (Å²) in [6.45, 7) is 0.127. The zero-order valence-electron chi connectivity index (χ0n) is 10.2. The Hall–Kier alpha value is -2.13. The fraction of sp³-hybridized carbons (Fsp3) is 0.500. The second-order valence-electron chi connectivity index (χ2n) is 4.26. The Labute approximate surface area is 107 Å². The van der Waals surface area contributed by atoms with Crippen LogP contribution in [0.3, 0.4) is 0 Å². The van der Waals surface area contributed by atoms with Gasteiger partial charge in [0.05, 0.1) is 0 Å². The molecular formula is C10H16N6O3. The first-order chi connectivity index (χ1) is 9.06. The highest BCUT2D eigenvalue weighted by molar-refractivity contribution is 5.73. The maximum Gasteiger partial charge on any atom is 0.280 e. The first-order valence-corrected chi connectivity index (χ1v) is 5.80. The van der Waals surface area contributed by atoms with E-state index in [0.29, 0.717) is 18.6 Å². The SMILES string of the molecule is Nc1nc2c(nc(N)n2CCC(CO)CO)c(=O)[nH]1. The summed E-state index contributed by atoms with van der Waals surface area (Å²) < 4.78 is 1.54. The van der Waals surface area contributed by atoms with E-state index in [1.165, 1.54) is 0 Å². The van der Waals surface area contributed by atoms with E-state index < -0.39 is 5.56 Å². The minimum Gasteiger partial charge on any atom is -0.396 e. The molecule has 104 valence electrons.